The molecule has 2 aliphatic rings. The van der Waals surface area contributed by atoms with Crippen LogP contribution in [-0.4, -0.2) is 92.7 Å². The number of aryl methyl sites for hydroxylation is 1. The van der Waals surface area contributed by atoms with Gasteiger partial charge in [0.25, 0.3) is 0 Å². The first-order valence-electron chi connectivity index (χ1n) is 13.3. The van der Waals surface area contributed by atoms with Gasteiger partial charge in [0.15, 0.2) is 17.9 Å². The van der Waals surface area contributed by atoms with E-state index in [1.807, 2.05) is 30.2 Å². The first kappa shape index (κ1) is 24.6. The van der Waals surface area contributed by atoms with Crippen LogP contribution in [-0.2, 0) is 11.3 Å². The quantitative estimate of drug-likeness (QED) is 0.329. The number of fused-ring (bicyclic) bond motifs is 2. The zero-order valence-corrected chi connectivity index (χ0v) is 22.5. The highest BCUT2D eigenvalue weighted by atomic mass is 32.1. The molecule has 0 spiro atoms. The van der Waals surface area contributed by atoms with Crippen molar-refractivity contribution in [1.29, 1.82) is 0 Å². The second kappa shape index (κ2) is 10.3. The second-order valence-corrected chi connectivity index (χ2v) is 11.2. The van der Waals surface area contributed by atoms with Gasteiger partial charge < -0.3 is 19.3 Å². The van der Waals surface area contributed by atoms with Crippen LogP contribution in [0.5, 0.6) is 0 Å². The molecule has 2 N–H and O–H groups in total. The topological polar surface area (TPSA) is 120 Å². The Balaban J connectivity index is 1.15. The van der Waals surface area contributed by atoms with Crippen LogP contribution in [0.4, 0.5) is 5.82 Å². The van der Waals surface area contributed by atoms with E-state index in [9.17, 15) is 5.11 Å². The van der Waals surface area contributed by atoms with Crippen molar-refractivity contribution in [1.82, 2.24) is 35.1 Å². The fourth-order valence-electron chi connectivity index (χ4n) is 5.40. The highest BCUT2D eigenvalue weighted by Gasteiger charge is 2.27. The maximum atomic E-state index is 10.7. The average molecular weight is 547 g/mol. The Bertz CT molecular complexity index is 1600. The van der Waals surface area contributed by atoms with E-state index >= 15 is 0 Å². The molecule has 2 saturated heterocycles. The van der Waals surface area contributed by atoms with Crippen molar-refractivity contribution < 1.29 is 14.4 Å². The number of thiophene rings is 1. The van der Waals surface area contributed by atoms with Gasteiger partial charge in [-0.2, -0.15) is 5.10 Å². The van der Waals surface area contributed by atoms with Crippen LogP contribution in [0, 0.1) is 6.92 Å². The summed E-state index contributed by atoms with van der Waals surface area (Å²) in [6.07, 6.45) is 1.10. The minimum atomic E-state index is -0.738. The molecule has 39 heavy (non-hydrogen) atoms. The number of nitrogens with zero attached hydrogens (tertiary/aromatic N) is 7. The summed E-state index contributed by atoms with van der Waals surface area (Å²) in [5.74, 6) is 2.40. The Morgan fingerprint density at radius 3 is 2.72 bits per heavy atom. The van der Waals surface area contributed by atoms with Gasteiger partial charge in [-0.3, -0.25) is 14.9 Å². The van der Waals surface area contributed by atoms with Crippen molar-refractivity contribution in [2.45, 2.75) is 19.7 Å². The zero-order valence-electron chi connectivity index (χ0n) is 21.7. The van der Waals surface area contributed by atoms with Gasteiger partial charge in [-0.15, -0.1) is 11.3 Å². The third kappa shape index (κ3) is 4.79. The van der Waals surface area contributed by atoms with Crippen molar-refractivity contribution in [3.8, 4) is 11.4 Å². The normalized spacial score (nSPS) is 18.4. The summed E-state index contributed by atoms with van der Waals surface area (Å²) >= 11 is 1.77. The Labute approximate surface area is 229 Å². The van der Waals surface area contributed by atoms with Crippen molar-refractivity contribution in [2.75, 3.05) is 57.4 Å². The number of H-pyrrole nitrogens is 1. The summed E-state index contributed by atoms with van der Waals surface area (Å²) in [6, 6.07) is 10.1. The van der Waals surface area contributed by atoms with Crippen LogP contribution in [0.2, 0.25) is 0 Å². The monoisotopic (exact) mass is 546 g/mol. The number of aliphatic hydroxyl groups is 1. The van der Waals surface area contributed by atoms with Gasteiger partial charge in [0.2, 0.25) is 0 Å². The Morgan fingerprint density at radius 2 is 1.92 bits per heavy atom. The number of anilines is 1. The van der Waals surface area contributed by atoms with Crippen molar-refractivity contribution in [2.24, 2.45) is 0 Å². The lowest BCUT2D eigenvalue weighted by Gasteiger charge is -2.36. The number of rotatable bonds is 6. The lowest BCUT2D eigenvalue weighted by atomic mass is 10.1. The molecule has 11 nitrogen and oxygen atoms in total. The molecular weight excluding hydrogens is 516 g/mol. The molecule has 1 atom stereocenters. The Kier molecular flexibility index (Phi) is 6.49. The summed E-state index contributed by atoms with van der Waals surface area (Å²) in [7, 11) is 0. The molecule has 0 bridgehead atoms. The molecule has 4 aromatic heterocycles. The fraction of sp³-hybridized carbons (Fsp3) is 0.407. The SMILES string of the molecule is Cc1cc(C(O)N2CCN(Cc3cc4nc(-c5cccc6[nH]ncc56)nc(N5CCOCC5)c4s3)CC2)no1. The lowest BCUT2D eigenvalue weighted by molar-refractivity contribution is -0.0325. The first-order valence-corrected chi connectivity index (χ1v) is 14.1. The summed E-state index contributed by atoms with van der Waals surface area (Å²) in [6.45, 7) is 8.92. The zero-order chi connectivity index (χ0) is 26.3. The molecule has 1 unspecified atom stereocenters. The molecule has 6 heterocycles. The van der Waals surface area contributed by atoms with Gasteiger partial charge in [0, 0.05) is 67.7 Å². The van der Waals surface area contributed by atoms with Crippen molar-refractivity contribution in [3.05, 3.63) is 52.9 Å². The van der Waals surface area contributed by atoms with Gasteiger partial charge in [-0.1, -0.05) is 17.3 Å². The van der Waals surface area contributed by atoms with E-state index in [0.717, 1.165) is 78.3 Å². The van der Waals surface area contributed by atoms with Crippen LogP contribution in [0.1, 0.15) is 22.6 Å². The summed E-state index contributed by atoms with van der Waals surface area (Å²) in [5, 5.41) is 23.0. The van der Waals surface area contributed by atoms with Crippen LogP contribution < -0.4 is 4.90 Å². The van der Waals surface area contributed by atoms with Gasteiger partial charge in [-0.05, 0) is 19.1 Å². The molecule has 12 heteroatoms. The van der Waals surface area contributed by atoms with E-state index in [-0.39, 0.29) is 0 Å². The molecule has 0 saturated carbocycles. The number of benzene rings is 1. The van der Waals surface area contributed by atoms with E-state index in [0.29, 0.717) is 30.5 Å². The van der Waals surface area contributed by atoms with Crippen LogP contribution in [0.25, 0.3) is 32.5 Å². The minimum absolute atomic E-state index is 0.571. The molecule has 2 fully saturated rings. The third-order valence-corrected chi connectivity index (χ3v) is 8.59. The predicted octanol–water partition coefficient (Wildman–Crippen LogP) is 3.18. The molecular formula is C27H30N8O3S. The average Bonchev–Trinajstić information content (AvgIpc) is 3.72. The van der Waals surface area contributed by atoms with E-state index in [2.05, 4.69) is 37.3 Å². The number of aromatic amines is 1. The van der Waals surface area contributed by atoms with Crippen LogP contribution in [0.3, 0.4) is 0 Å². The van der Waals surface area contributed by atoms with E-state index in [4.69, 9.17) is 19.2 Å². The summed E-state index contributed by atoms with van der Waals surface area (Å²) < 4.78 is 11.9. The number of morpholine rings is 1. The van der Waals surface area contributed by atoms with Gasteiger partial charge in [-0.25, -0.2) is 9.97 Å². The minimum Gasteiger partial charge on any atom is -0.378 e. The molecule has 1 aromatic carbocycles. The number of piperazine rings is 1. The highest BCUT2D eigenvalue weighted by molar-refractivity contribution is 7.19. The summed E-state index contributed by atoms with van der Waals surface area (Å²) in [5.41, 5.74) is 3.49. The predicted molar refractivity (Wildman–Crippen MR) is 149 cm³/mol. The summed E-state index contributed by atoms with van der Waals surface area (Å²) in [4.78, 5) is 18.2. The van der Waals surface area contributed by atoms with Gasteiger partial charge >= 0.3 is 0 Å². The molecule has 7 rings (SSSR count). The van der Waals surface area contributed by atoms with Crippen LogP contribution in [0.15, 0.2) is 41.1 Å². The number of hydrogen-bond acceptors (Lipinski definition) is 11. The number of nitrogens with one attached hydrogen (secondary N) is 1. The smallest absolute Gasteiger partial charge is 0.162 e. The maximum Gasteiger partial charge on any atom is 0.162 e. The Morgan fingerprint density at radius 1 is 1.08 bits per heavy atom. The molecule has 202 valence electrons. The number of aliphatic hydroxyl groups excluding tert-OH is 1. The second-order valence-electron chi connectivity index (χ2n) is 10.1. The van der Waals surface area contributed by atoms with E-state index in [1.165, 1.54) is 4.88 Å². The van der Waals surface area contributed by atoms with Crippen molar-refractivity contribution in [3.63, 3.8) is 0 Å². The number of hydrogen-bond donors (Lipinski definition) is 2. The molecule has 2 aliphatic heterocycles. The molecule has 0 aliphatic carbocycles. The van der Waals surface area contributed by atoms with E-state index < -0.39 is 6.23 Å². The molecule has 0 radical (unpaired) electrons. The first-order chi connectivity index (χ1) is 19.1. The lowest BCUT2D eigenvalue weighted by Crippen LogP contribution is -2.47. The highest BCUT2D eigenvalue weighted by Crippen LogP contribution is 2.36. The molecule has 5 aromatic rings. The van der Waals surface area contributed by atoms with E-state index in [1.54, 1.807) is 17.4 Å². The fourth-order valence-corrected chi connectivity index (χ4v) is 6.55. The maximum absolute atomic E-state index is 10.7. The standard InChI is InChI=1S/C27H30N8O3S/c1-17-13-23(32-38-17)27(36)35-7-5-33(6-8-35)16-18-14-22-24(39-18)26(34-9-11-37-12-10-34)30-25(29-22)19-3-2-4-21-20(19)15-28-31-21/h2-4,13-15,27,36H,5-12,16H2,1H3,(H,28,31). The molecule has 0 amide bonds. The Hall–Kier alpha value is -3.42. The van der Waals surface area contributed by atoms with Gasteiger partial charge in [0.05, 0.1) is 35.1 Å². The number of aromatic nitrogens is 5. The largest absolute Gasteiger partial charge is 0.378 e. The van der Waals surface area contributed by atoms with Crippen LogP contribution >= 0.6 is 11.3 Å². The van der Waals surface area contributed by atoms with Crippen molar-refractivity contribution >= 4 is 38.3 Å². The van der Waals surface area contributed by atoms with Gasteiger partial charge in [0.1, 0.15) is 11.5 Å². The third-order valence-electron chi connectivity index (χ3n) is 7.48. The number of ether oxygens (including phenoxy) is 1.